The summed E-state index contributed by atoms with van der Waals surface area (Å²) in [5.74, 6) is 1.83. The molecule has 2 rings (SSSR count). The predicted molar refractivity (Wildman–Crippen MR) is 85.1 cm³/mol. The van der Waals surface area contributed by atoms with Crippen LogP contribution in [0.5, 0.6) is 0 Å². The van der Waals surface area contributed by atoms with Gasteiger partial charge >= 0.3 is 0 Å². The molecular formula is C17H31N3. The summed E-state index contributed by atoms with van der Waals surface area (Å²) in [6.07, 6.45) is 9.33. The minimum atomic E-state index is 0.528. The van der Waals surface area contributed by atoms with E-state index in [2.05, 4.69) is 30.7 Å². The molecule has 1 aromatic heterocycles. The normalized spacial score (nSPS) is 14.8. The summed E-state index contributed by atoms with van der Waals surface area (Å²) in [7, 11) is 0. The number of hydrogen-bond acceptors (Lipinski definition) is 2. The van der Waals surface area contributed by atoms with Gasteiger partial charge in [0.15, 0.2) is 0 Å². The Morgan fingerprint density at radius 2 is 1.90 bits per heavy atom. The van der Waals surface area contributed by atoms with Crippen LogP contribution in [-0.4, -0.2) is 16.1 Å². The van der Waals surface area contributed by atoms with Gasteiger partial charge < -0.3 is 9.88 Å². The van der Waals surface area contributed by atoms with Gasteiger partial charge in [0, 0.05) is 37.7 Å². The Hall–Kier alpha value is -0.830. The van der Waals surface area contributed by atoms with Gasteiger partial charge in [-0.15, -0.1) is 0 Å². The number of nitrogens with one attached hydrogen (secondary N) is 1. The van der Waals surface area contributed by atoms with Crippen molar-refractivity contribution in [2.75, 3.05) is 6.54 Å². The van der Waals surface area contributed by atoms with Crippen molar-refractivity contribution >= 4 is 0 Å². The van der Waals surface area contributed by atoms with Crippen molar-refractivity contribution in [1.82, 2.24) is 14.9 Å². The number of aromatic nitrogens is 2. The maximum absolute atomic E-state index is 4.88. The Morgan fingerprint density at radius 1 is 1.15 bits per heavy atom. The molecule has 0 aromatic carbocycles. The maximum atomic E-state index is 4.88. The highest BCUT2D eigenvalue weighted by Gasteiger charge is 2.20. The van der Waals surface area contributed by atoms with E-state index >= 15 is 0 Å². The Morgan fingerprint density at radius 3 is 2.65 bits per heavy atom. The van der Waals surface area contributed by atoms with Gasteiger partial charge in [0.2, 0.25) is 0 Å². The second-order valence-electron chi connectivity index (χ2n) is 6.36. The Balaban J connectivity index is 1.93. The standard InChI is InChI=1S/C17H31N3/c1-4-5-6-7-8-9-12-20-16-10-11-18-13-15(16)19-17(20)14(2)3/h14,18H,4-13H2,1-3H3. The van der Waals surface area contributed by atoms with Crippen LogP contribution in [-0.2, 0) is 19.5 Å². The molecule has 1 aliphatic heterocycles. The lowest BCUT2D eigenvalue weighted by Crippen LogP contribution is -2.25. The first-order chi connectivity index (χ1) is 9.74. The van der Waals surface area contributed by atoms with Crippen molar-refractivity contribution in [3.63, 3.8) is 0 Å². The summed E-state index contributed by atoms with van der Waals surface area (Å²) >= 11 is 0. The molecule has 0 spiro atoms. The summed E-state index contributed by atoms with van der Waals surface area (Å²) in [6.45, 7) is 10.0. The SMILES string of the molecule is CCCCCCCCn1c(C(C)C)nc2c1CCNC2. The van der Waals surface area contributed by atoms with Crippen LogP contribution in [0.1, 0.15) is 82.4 Å². The lowest BCUT2D eigenvalue weighted by molar-refractivity contribution is 0.517. The smallest absolute Gasteiger partial charge is 0.111 e. The highest BCUT2D eigenvalue weighted by atomic mass is 15.1. The van der Waals surface area contributed by atoms with Gasteiger partial charge in [-0.25, -0.2) is 4.98 Å². The van der Waals surface area contributed by atoms with Gasteiger partial charge in [0.25, 0.3) is 0 Å². The summed E-state index contributed by atoms with van der Waals surface area (Å²) in [6, 6.07) is 0. The van der Waals surface area contributed by atoms with E-state index in [-0.39, 0.29) is 0 Å². The molecule has 1 N–H and O–H groups in total. The molecular weight excluding hydrogens is 246 g/mol. The van der Waals surface area contributed by atoms with Crippen molar-refractivity contribution in [2.45, 2.75) is 84.7 Å². The van der Waals surface area contributed by atoms with E-state index in [4.69, 9.17) is 4.98 Å². The van der Waals surface area contributed by atoms with E-state index in [1.54, 1.807) is 0 Å². The van der Waals surface area contributed by atoms with Gasteiger partial charge in [-0.1, -0.05) is 52.9 Å². The largest absolute Gasteiger partial charge is 0.331 e. The molecule has 0 saturated carbocycles. The molecule has 20 heavy (non-hydrogen) atoms. The lowest BCUT2D eigenvalue weighted by Gasteiger charge is -2.17. The molecule has 0 unspecified atom stereocenters. The molecule has 1 aromatic rings. The summed E-state index contributed by atoms with van der Waals surface area (Å²) in [5, 5.41) is 3.44. The molecule has 0 radical (unpaired) electrons. The van der Waals surface area contributed by atoms with E-state index in [1.807, 2.05) is 0 Å². The molecule has 1 aliphatic rings. The molecule has 2 heterocycles. The molecule has 3 heteroatoms. The molecule has 0 atom stereocenters. The Labute approximate surface area is 124 Å². The molecule has 114 valence electrons. The van der Waals surface area contributed by atoms with Gasteiger partial charge in [-0.05, 0) is 6.42 Å². The molecule has 0 fully saturated rings. The topological polar surface area (TPSA) is 29.9 Å². The first kappa shape index (κ1) is 15.6. The fourth-order valence-electron chi connectivity index (χ4n) is 3.13. The molecule has 0 bridgehead atoms. The van der Waals surface area contributed by atoms with Crippen molar-refractivity contribution in [3.8, 4) is 0 Å². The van der Waals surface area contributed by atoms with E-state index < -0.39 is 0 Å². The summed E-state index contributed by atoms with van der Waals surface area (Å²) < 4.78 is 2.53. The van der Waals surface area contributed by atoms with Crippen LogP contribution in [0.15, 0.2) is 0 Å². The average Bonchev–Trinajstić information content (AvgIpc) is 2.82. The minimum absolute atomic E-state index is 0.528. The van der Waals surface area contributed by atoms with E-state index in [1.165, 1.54) is 62.3 Å². The third-order valence-corrected chi connectivity index (χ3v) is 4.27. The number of imidazole rings is 1. The Kier molecular flexibility index (Phi) is 6.08. The average molecular weight is 277 g/mol. The van der Waals surface area contributed by atoms with Crippen LogP contribution in [0.2, 0.25) is 0 Å². The fourth-order valence-corrected chi connectivity index (χ4v) is 3.13. The van der Waals surface area contributed by atoms with Gasteiger partial charge in [0.1, 0.15) is 5.82 Å². The monoisotopic (exact) mass is 277 g/mol. The van der Waals surface area contributed by atoms with Crippen LogP contribution < -0.4 is 5.32 Å². The molecule has 0 aliphatic carbocycles. The van der Waals surface area contributed by atoms with Crippen molar-refractivity contribution in [1.29, 1.82) is 0 Å². The van der Waals surface area contributed by atoms with Crippen molar-refractivity contribution in [3.05, 3.63) is 17.2 Å². The first-order valence-corrected chi connectivity index (χ1v) is 8.53. The van der Waals surface area contributed by atoms with E-state index in [0.29, 0.717) is 5.92 Å². The predicted octanol–water partition coefficient (Wildman–Crippen LogP) is 4.01. The minimum Gasteiger partial charge on any atom is -0.331 e. The van der Waals surface area contributed by atoms with Crippen LogP contribution >= 0.6 is 0 Å². The van der Waals surface area contributed by atoms with Crippen molar-refractivity contribution < 1.29 is 0 Å². The second kappa shape index (κ2) is 7.82. The van der Waals surface area contributed by atoms with Gasteiger partial charge in [-0.3, -0.25) is 0 Å². The number of unbranched alkanes of at least 4 members (excludes halogenated alkanes) is 5. The highest BCUT2D eigenvalue weighted by Crippen LogP contribution is 2.22. The quantitative estimate of drug-likeness (QED) is 0.728. The summed E-state index contributed by atoms with van der Waals surface area (Å²) in [5.41, 5.74) is 2.80. The van der Waals surface area contributed by atoms with Gasteiger partial charge in [0.05, 0.1) is 5.69 Å². The number of fused-ring (bicyclic) bond motifs is 1. The molecule has 3 nitrogen and oxygen atoms in total. The first-order valence-electron chi connectivity index (χ1n) is 8.53. The van der Waals surface area contributed by atoms with Gasteiger partial charge in [-0.2, -0.15) is 0 Å². The summed E-state index contributed by atoms with van der Waals surface area (Å²) in [4.78, 5) is 4.88. The van der Waals surface area contributed by atoms with Crippen LogP contribution in [0.25, 0.3) is 0 Å². The van der Waals surface area contributed by atoms with Crippen LogP contribution in [0, 0.1) is 0 Å². The lowest BCUT2D eigenvalue weighted by atomic mass is 10.1. The van der Waals surface area contributed by atoms with Crippen molar-refractivity contribution in [2.24, 2.45) is 0 Å². The van der Waals surface area contributed by atoms with Crippen LogP contribution in [0.3, 0.4) is 0 Å². The maximum Gasteiger partial charge on any atom is 0.111 e. The molecule has 0 saturated heterocycles. The van der Waals surface area contributed by atoms with Crippen LogP contribution in [0.4, 0.5) is 0 Å². The number of hydrogen-bond donors (Lipinski definition) is 1. The Bertz CT molecular complexity index is 407. The third kappa shape index (κ3) is 3.85. The number of nitrogens with zero attached hydrogens (tertiary/aromatic N) is 2. The highest BCUT2D eigenvalue weighted by molar-refractivity contribution is 5.21. The van der Waals surface area contributed by atoms with E-state index in [9.17, 15) is 0 Å². The zero-order valence-electron chi connectivity index (χ0n) is 13.5. The molecule has 0 amide bonds. The zero-order chi connectivity index (χ0) is 14.4. The number of rotatable bonds is 8. The third-order valence-electron chi connectivity index (χ3n) is 4.27. The van der Waals surface area contributed by atoms with E-state index in [0.717, 1.165) is 19.5 Å². The fraction of sp³-hybridized carbons (Fsp3) is 0.824. The second-order valence-corrected chi connectivity index (χ2v) is 6.36. The zero-order valence-corrected chi connectivity index (χ0v) is 13.5.